The first kappa shape index (κ1) is 15.5. The van der Waals surface area contributed by atoms with Crippen molar-refractivity contribution in [3.63, 3.8) is 0 Å². The SMILES string of the molecule is CC(=O)c1ccc(NC(=O)N(C)Cc2ccc(Cl)s2)cc1. The van der Waals surface area contributed by atoms with E-state index in [1.807, 2.05) is 12.1 Å². The number of anilines is 1. The summed E-state index contributed by atoms with van der Waals surface area (Å²) in [6, 6.07) is 10.3. The van der Waals surface area contributed by atoms with Gasteiger partial charge < -0.3 is 10.2 Å². The molecule has 2 amide bonds. The van der Waals surface area contributed by atoms with Gasteiger partial charge in [-0.05, 0) is 43.3 Å². The molecule has 0 radical (unpaired) electrons. The Labute approximate surface area is 132 Å². The standard InChI is InChI=1S/C15H15ClN2O2S/c1-10(19)11-3-5-12(6-4-11)17-15(20)18(2)9-13-7-8-14(16)21-13/h3-8H,9H2,1-2H3,(H,17,20). The van der Waals surface area contributed by atoms with Crippen LogP contribution in [0.15, 0.2) is 36.4 Å². The van der Waals surface area contributed by atoms with Gasteiger partial charge in [-0.15, -0.1) is 11.3 Å². The van der Waals surface area contributed by atoms with Crippen LogP contribution in [-0.2, 0) is 6.54 Å². The molecule has 0 aliphatic carbocycles. The summed E-state index contributed by atoms with van der Waals surface area (Å²) in [7, 11) is 1.72. The Bertz CT molecular complexity index is 652. The zero-order valence-electron chi connectivity index (χ0n) is 11.7. The number of carbonyl (C=O) groups is 2. The fourth-order valence-corrected chi connectivity index (χ4v) is 2.89. The minimum atomic E-state index is -0.213. The minimum Gasteiger partial charge on any atom is -0.322 e. The first-order valence-corrected chi connectivity index (χ1v) is 7.52. The van der Waals surface area contributed by atoms with Gasteiger partial charge in [0.05, 0.1) is 10.9 Å². The van der Waals surface area contributed by atoms with Gasteiger partial charge in [0.2, 0.25) is 0 Å². The summed E-state index contributed by atoms with van der Waals surface area (Å²) in [6.07, 6.45) is 0. The molecule has 0 bridgehead atoms. The van der Waals surface area contributed by atoms with E-state index in [1.54, 1.807) is 36.2 Å². The lowest BCUT2D eigenvalue weighted by atomic mass is 10.1. The predicted octanol–water partition coefficient (Wildman–Crippen LogP) is 4.27. The average Bonchev–Trinajstić information content (AvgIpc) is 2.84. The van der Waals surface area contributed by atoms with Crippen molar-refractivity contribution in [2.75, 3.05) is 12.4 Å². The van der Waals surface area contributed by atoms with Crippen molar-refractivity contribution >= 4 is 40.4 Å². The molecule has 1 aromatic carbocycles. The van der Waals surface area contributed by atoms with Gasteiger partial charge in [0.15, 0.2) is 5.78 Å². The molecular weight excluding hydrogens is 308 g/mol. The summed E-state index contributed by atoms with van der Waals surface area (Å²) in [6.45, 7) is 2.00. The van der Waals surface area contributed by atoms with E-state index in [1.165, 1.54) is 18.3 Å². The molecule has 1 N–H and O–H groups in total. The van der Waals surface area contributed by atoms with Gasteiger partial charge in [0, 0.05) is 23.2 Å². The lowest BCUT2D eigenvalue weighted by Crippen LogP contribution is -2.30. The second kappa shape index (κ2) is 6.74. The lowest BCUT2D eigenvalue weighted by molar-refractivity contribution is 0.101. The summed E-state index contributed by atoms with van der Waals surface area (Å²) < 4.78 is 0.707. The first-order valence-electron chi connectivity index (χ1n) is 6.33. The number of halogens is 1. The second-order valence-electron chi connectivity index (χ2n) is 4.63. The molecule has 0 aliphatic rings. The normalized spacial score (nSPS) is 10.2. The van der Waals surface area contributed by atoms with Gasteiger partial charge in [0.25, 0.3) is 0 Å². The molecule has 2 aromatic rings. The van der Waals surface area contributed by atoms with E-state index in [4.69, 9.17) is 11.6 Å². The highest BCUT2D eigenvalue weighted by atomic mass is 35.5. The number of benzene rings is 1. The fourth-order valence-electron chi connectivity index (χ4n) is 1.75. The number of rotatable bonds is 4. The summed E-state index contributed by atoms with van der Waals surface area (Å²) >= 11 is 7.32. The molecule has 6 heteroatoms. The number of carbonyl (C=O) groups excluding carboxylic acids is 2. The molecule has 0 saturated heterocycles. The summed E-state index contributed by atoms with van der Waals surface area (Å²) in [4.78, 5) is 25.8. The van der Waals surface area contributed by atoms with Gasteiger partial charge in [-0.1, -0.05) is 11.6 Å². The fraction of sp³-hybridized carbons (Fsp3) is 0.200. The van der Waals surface area contributed by atoms with Crippen LogP contribution in [0.5, 0.6) is 0 Å². The largest absolute Gasteiger partial charge is 0.322 e. The number of thiophene rings is 1. The third-order valence-electron chi connectivity index (χ3n) is 2.91. The molecule has 2 rings (SSSR count). The Morgan fingerprint density at radius 2 is 1.86 bits per heavy atom. The Kier molecular flexibility index (Phi) is 4.98. The highest BCUT2D eigenvalue weighted by Crippen LogP contribution is 2.22. The van der Waals surface area contributed by atoms with Gasteiger partial charge in [-0.2, -0.15) is 0 Å². The predicted molar refractivity (Wildman–Crippen MR) is 86.3 cm³/mol. The van der Waals surface area contributed by atoms with Gasteiger partial charge in [0.1, 0.15) is 0 Å². The van der Waals surface area contributed by atoms with Crippen molar-refractivity contribution in [2.45, 2.75) is 13.5 Å². The molecule has 0 atom stereocenters. The lowest BCUT2D eigenvalue weighted by Gasteiger charge is -2.17. The Balaban J connectivity index is 1.95. The molecular formula is C15H15ClN2O2S. The maximum atomic E-state index is 12.1. The van der Waals surface area contributed by atoms with Crippen molar-refractivity contribution in [1.82, 2.24) is 4.90 Å². The summed E-state index contributed by atoms with van der Waals surface area (Å²) in [5.74, 6) is -0.000399. The van der Waals surface area contributed by atoms with Crippen LogP contribution in [0.4, 0.5) is 10.5 Å². The molecule has 0 aliphatic heterocycles. The smallest absolute Gasteiger partial charge is 0.321 e. The highest BCUT2D eigenvalue weighted by molar-refractivity contribution is 7.16. The molecule has 110 valence electrons. The van der Waals surface area contributed by atoms with E-state index in [-0.39, 0.29) is 11.8 Å². The van der Waals surface area contributed by atoms with E-state index in [0.717, 1.165) is 4.88 Å². The molecule has 0 spiro atoms. The molecule has 0 saturated carbocycles. The third kappa shape index (κ3) is 4.31. The van der Waals surface area contributed by atoms with Crippen LogP contribution >= 0.6 is 22.9 Å². The van der Waals surface area contributed by atoms with Crippen molar-refractivity contribution in [1.29, 1.82) is 0 Å². The zero-order valence-corrected chi connectivity index (χ0v) is 13.3. The third-order valence-corrected chi connectivity index (χ3v) is 4.13. The maximum absolute atomic E-state index is 12.1. The molecule has 0 unspecified atom stereocenters. The van der Waals surface area contributed by atoms with Crippen molar-refractivity contribution in [3.8, 4) is 0 Å². The maximum Gasteiger partial charge on any atom is 0.321 e. The number of Topliss-reactive ketones (excluding diaryl/α,β-unsaturated/α-hetero) is 1. The van der Waals surface area contributed by atoms with Crippen molar-refractivity contribution in [3.05, 3.63) is 51.2 Å². The van der Waals surface area contributed by atoms with Crippen molar-refractivity contribution < 1.29 is 9.59 Å². The number of nitrogens with one attached hydrogen (secondary N) is 1. The molecule has 21 heavy (non-hydrogen) atoms. The Morgan fingerprint density at radius 1 is 1.19 bits per heavy atom. The van der Waals surface area contributed by atoms with Crippen LogP contribution in [-0.4, -0.2) is 23.8 Å². The van der Waals surface area contributed by atoms with Crippen LogP contribution in [0.3, 0.4) is 0 Å². The average molecular weight is 323 g/mol. The number of nitrogens with zero attached hydrogens (tertiary/aromatic N) is 1. The van der Waals surface area contributed by atoms with E-state index < -0.39 is 0 Å². The van der Waals surface area contributed by atoms with E-state index in [0.29, 0.717) is 22.1 Å². The zero-order chi connectivity index (χ0) is 15.4. The monoisotopic (exact) mass is 322 g/mol. The van der Waals surface area contributed by atoms with Crippen LogP contribution in [0.2, 0.25) is 4.34 Å². The summed E-state index contributed by atoms with van der Waals surface area (Å²) in [5.41, 5.74) is 1.27. The van der Waals surface area contributed by atoms with Gasteiger partial charge in [-0.25, -0.2) is 4.79 Å². The molecule has 1 aromatic heterocycles. The summed E-state index contributed by atoms with van der Waals surface area (Å²) in [5, 5.41) is 2.78. The van der Waals surface area contributed by atoms with Crippen LogP contribution in [0.25, 0.3) is 0 Å². The van der Waals surface area contributed by atoms with Gasteiger partial charge >= 0.3 is 6.03 Å². The molecule has 0 fully saturated rings. The van der Waals surface area contributed by atoms with Gasteiger partial charge in [-0.3, -0.25) is 4.79 Å². The molecule has 4 nitrogen and oxygen atoms in total. The topological polar surface area (TPSA) is 49.4 Å². The Morgan fingerprint density at radius 3 is 2.38 bits per heavy atom. The quantitative estimate of drug-likeness (QED) is 0.855. The van der Waals surface area contributed by atoms with E-state index in [9.17, 15) is 9.59 Å². The highest BCUT2D eigenvalue weighted by Gasteiger charge is 2.11. The number of ketones is 1. The van der Waals surface area contributed by atoms with Crippen LogP contribution in [0.1, 0.15) is 22.2 Å². The van der Waals surface area contributed by atoms with E-state index >= 15 is 0 Å². The number of hydrogen-bond donors (Lipinski definition) is 1. The van der Waals surface area contributed by atoms with E-state index in [2.05, 4.69) is 5.32 Å². The molecule has 1 heterocycles. The first-order chi connectivity index (χ1) is 9.95. The van der Waals surface area contributed by atoms with Crippen molar-refractivity contribution in [2.24, 2.45) is 0 Å². The Hall–Kier alpha value is -1.85. The second-order valence-corrected chi connectivity index (χ2v) is 6.43. The number of hydrogen-bond acceptors (Lipinski definition) is 3. The van der Waals surface area contributed by atoms with Crippen LogP contribution < -0.4 is 5.32 Å². The number of urea groups is 1. The number of amides is 2. The van der Waals surface area contributed by atoms with Crippen LogP contribution in [0, 0.1) is 0 Å². The minimum absolute atomic E-state index is 0.000399.